The van der Waals surface area contributed by atoms with Crippen molar-refractivity contribution in [3.63, 3.8) is 0 Å². The van der Waals surface area contributed by atoms with Crippen LogP contribution in [0.4, 0.5) is 0 Å². The van der Waals surface area contributed by atoms with Gasteiger partial charge in [0.05, 0.1) is 13.2 Å². The van der Waals surface area contributed by atoms with E-state index in [1.165, 1.54) is 25.7 Å². The van der Waals surface area contributed by atoms with E-state index in [2.05, 4.69) is 20.5 Å². The van der Waals surface area contributed by atoms with Crippen LogP contribution in [0.15, 0.2) is 4.99 Å². The first kappa shape index (κ1) is 15.1. The van der Waals surface area contributed by atoms with Gasteiger partial charge in [-0.05, 0) is 24.7 Å². The van der Waals surface area contributed by atoms with Crippen LogP contribution in [0.5, 0.6) is 0 Å². The summed E-state index contributed by atoms with van der Waals surface area (Å²) in [5, 5.41) is 5.94. The quantitative estimate of drug-likeness (QED) is 0.429. The Morgan fingerprint density at radius 1 is 1.35 bits per heavy atom. The molecule has 0 bridgehead atoms. The van der Waals surface area contributed by atoms with Gasteiger partial charge in [-0.15, -0.1) is 0 Å². The molecule has 1 spiro atoms. The lowest BCUT2D eigenvalue weighted by Crippen LogP contribution is -2.46. The zero-order valence-corrected chi connectivity index (χ0v) is 12.6. The van der Waals surface area contributed by atoms with Crippen LogP contribution in [-0.2, 0) is 9.53 Å². The third kappa shape index (κ3) is 3.62. The molecular formula is C14H26N4O2. The van der Waals surface area contributed by atoms with E-state index in [-0.39, 0.29) is 12.5 Å². The first-order valence-electron chi connectivity index (χ1n) is 7.40. The molecule has 2 aliphatic rings. The van der Waals surface area contributed by atoms with Crippen LogP contribution in [0, 0.1) is 5.41 Å². The maximum Gasteiger partial charge on any atom is 0.239 e. The van der Waals surface area contributed by atoms with Gasteiger partial charge in [0, 0.05) is 33.8 Å². The number of aliphatic imine (C=N–C) groups is 1. The highest BCUT2D eigenvalue weighted by molar-refractivity contribution is 5.86. The molecule has 20 heavy (non-hydrogen) atoms. The average Bonchev–Trinajstić information content (AvgIpc) is 2.85. The maximum atomic E-state index is 11.6. The number of hydrogen-bond donors (Lipinski definition) is 2. The summed E-state index contributed by atoms with van der Waals surface area (Å²) in [5.74, 6) is 0.816. The normalized spacial score (nSPS) is 20.9. The molecule has 6 nitrogen and oxygen atoms in total. The fourth-order valence-electron chi connectivity index (χ4n) is 3.05. The SMILES string of the molecule is CN=C(NCC(=O)NCCOC)N1CCC2(CCC2)C1. The Bertz CT molecular complexity index is 366. The first-order chi connectivity index (χ1) is 9.69. The summed E-state index contributed by atoms with van der Waals surface area (Å²) in [4.78, 5) is 18.2. The molecule has 0 aromatic carbocycles. The lowest BCUT2D eigenvalue weighted by molar-refractivity contribution is -0.120. The van der Waals surface area contributed by atoms with Gasteiger partial charge in [-0.3, -0.25) is 9.79 Å². The Hall–Kier alpha value is -1.30. The van der Waals surface area contributed by atoms with Gasteiger partial charge in [0.25, 0.3) is 0 Å². The van der Waals surface area contributed by atoms with Crippen molar-refractivity contribution in [3.05, 3.63) is 0 Å². The van der Waals surface area contributed by atoms with Gasteiger partial charge in [0.15, 0.2) is 5.96 Å². The van der Waals surface area contributed by atoms with Crippen molar-refractivity contribution in [3.8, 4) is 0 Å². The van der Waals surface area contributed by atoms with E-state index in [9.17, 15) is 4.79 Å². The largest absolute Gasteiger partial charge is 0.383 e. The molecule has 1 aliphatic heterocycles. The molecule has 0 radical (unpaired) electrons. The average molecular weight is 282 g/mol. The second-order valence-electron chi connectivity index (χ2n) is 5.77. The van der Waals surface area contributed by atoms with Gasteiger partial charge in [-0.1, -0.05) is 6.42 Å². The predicted octanol–water partition coefficient (Wildman–Crippen LogP) is 0.200. The van der Waals surface area contributed by atoms with Crippen LogP contribution < -0.4 is 10.6 Å². The summed E-state index contributed by atoms with van der Waals surface area (Å²) in [6.45, 7) is 3.47. The van der Waals surface area contributed by atoms with E-state index >= 15 is 0 Å². The van der Waals surface area contributed by atoms with Gasteiger partial charge < -0.3 is 20.3 Å². The minimum absolute atomic E-state index is 0.0271. The summed E-state index contributed by atoms with van der Waals surface area (Å²) in [6, 6.07) is 0. The lowest BCUT2D eigenvalue weighted by Gasteiger charge is -2.38. The van der Waals surface area contributed by atoms with Gasteiger partial charge in [0.2, 0.25) is 5.91 Å². The number of hydrogen-bond acceptors (Lipinski definition) is 3. The third-order valence-corrected chi connectivity index (χ3v) is 4.40. The van der Waals surface area contributed by atoms with Crippen molar-refractivity contribution in [2.75, 3.05) is 46.9 Å². The number of amides is 1. The van der Waals surface area contributed by atoms with Crippen molar-refractivity contribution in [2.45, 2.75) is 25.7 Å². The van der Waals surface area contributed by atoms with Crippen molar-refractivity contribution < 1.29 is 9.53 Å². The van der Waals surface area contributed by atoms with Crippen molar-refractivity contribution in [1.82, 2.24) is 15.5 Å². The molecule has 0 unspecified atom stereocenters. The van der Waals surface area contributed by atoms with Gasteiger partial charge >= 0.3 is 0 Å². The highest BCUT2D eigenvalue weighted by Crippen LogP contribution is 2.47. The summed E-state index contributed by atoms with van der Waals surface area (Å²) in [5.41, 5.74) is 0.540. The first-order valence-corrected chi connectivity index (χ1v) is 7.40. The van der Waals surface area contributed by atoms with Crippen molar-refractivity contribution in [2.24, 2.45) is 10.4 Å². The smallest absolute Gasteiger partial charge is 0.239 e. The van der Waals surface area contributed by atoms with Crippen LogP contribution in [-0.4, -0.2) is 63.7 Å². The van der Waals surface area contributed by atoms with Crippen LogP contribution in [0.1, 0.15) is 25.7 Å². The molecule has 2 rings (SSSR count). The topological polar surface area (TPSA) is 66.0 Å². The lowest BCUT2D eigenvalue weighted by atomic mass is 9.68. The minimum Gasteiger partial charge on any atom is -0.383 e. The molecule has 1 amide bonds. The Labute approximate surface area is 121 Å². The number of ether oxygens (including phenoxy) is 1. The number of carbonyl (C=O) groups excluding carboxylic acids is 1. The molecule has 0 atom stereocenters. The summed E-state index contributed by atoms with van der Waals surface area (Å²) in [7, 11) is 3.40. The number of nitrogens with one attached hydrogen (secondary N) is 2. The van der Waals surface area contributed by atoms with Crippen LogP contribution in [0.25, 0.3) is 0 Å². The van der Waals surface area contributed by atoms with Crippen LogP contribution in [0.3, 0.4) is 0 Å². The highest BCUT2D eigenvalue weighted by Gasteiger charge is 2.43. The minimum atomic E-state index is -0.0271. The molecule has 114 valence electrons. The van der Waals surface area contributed by atoms with Gasteiger partial charge in [0.1, 0.15) is 0 Å². The fourth-order valence-corrected chi connectivity index (χ4v) is 3.05. The number of rotatable bonds is 5. The highest BCUT2D eigenvalue weighted by atomic mass is 16.5. The number of nitrogens with zero attached hydrogens (tertiary/aromatic N) is 2. The van der Waals surface area contributed by atoms with E-state index in [4.69, 9.17) is 4.74 Å². The monoisotopic (exact) mass is 282 g/mol. The van der Waals surface area contributed by atoms with Crippen LogP contribution in [0.2, 0.25) is 0 Å². The second-order valence-corrected chi connectivity index (χ2v) is 5.77. The Morgan fingerprint density at radius 2 is 2.15 bits per heavy atom. The second kappa shape index (κ2) is 6.92. The number of guanidine groups is 1. The molecule has 1 heterocycles. The van der Waals surface area contributed by atoms with E-state index in [0.29, 0.717) is 18.6 Å². The van der Waals surface area contributed by atoms with Crippen molar-refractivity contribution >= 4 is 11.9 Å². The molecule has 1 saturated heterocycles. The van der Waals surface area contributed by atoms with Gasteiger partial charge in [-0.2, -0.15) is 0 Å². The number of carbonyl (C=O) groups is 1. The summed E-state index contributed by atoms with van der Waals surface area (Å²) in [6.07, 6.45) is 5.31. The molecule has 0 aromatic heterocycles. The summed E-state index contributed by atoms with van der Waals surface area (Å²) < 4.78 is 4.89. The molecule has 6 heteroatoms. The Balaban J connectivity index is 1.72. The molecular weight excluding hydrogens is 256 g/mol. The van der Waals surface area contributed by atoms with Crippen LogP contribution >= 0.6 is 0 Å². The molecule has 1 aliphatic carbocycles. The third-order valence-electron chi connectivity index (χ3n) is 4.40. The van der Waals surface area contributed by atoms with E-state index in [0.717, 1.165) is 19.0 Å². The Kier molecular flexibility index (Phi) is 5.23. The van der Waals surface area contributed by atoms with Gasteiger partial charge in [-0.25, -0.2) is 0 Å². The molecule has 2 fully saturated rings. The van der Waals surface area contributed by atoms with E-state index in [1.54, 1.807) is 14.2 Å². The molecule has 2 N–H and O–H groups in total. The van der Waals surface area contributed by atoms with E-state index in [1.807, 2.05) is 0 Å². The van der Waals surface area contributed by atoms with Crippen molar-refractivity contribution in [1.29, 1.82) is 0 Å². The van der Waals surface area contributed by atoms with E-state index < -0.39 is 0 Å². The maximum absolute atomic E-state index is 11.6. The standard InChI is InChI=1S/C14H26N4O2/c1-15-13(17-10-12(19)16-7-9-20-2)18-8-6-14(11-18)4-3-5-14/h3-11H2,1-2H3,(H,15,17)(H,16,19). The molecule has 1 saturated carbocycles. The fraction of sp³-hybridized carbons (Fsp3) is 0.857. The Morgan fingerprint density at radius 3 is 2.70 bits per heavy atom. The summed E-state index contributed by atoms with van der Waals surface area (Å²) >= 11 is 0. The zero-order valence-electron chi connectivity index (χ0n) is 12.6. The number of likely N-dealkylation sites (tertiary alicyclic amines) is 1. The zero-order chi connectivity index (χ0) is 14.4. The molecule has 0 aromatic rings. The number of methoxy groups -OCH3 is 1. The predicted molar refractivity (Wildman–Crippen MR) is 78.7 cm³/mol.